The van der Waals surface area contributed by atoms with Crippen molar-refractivity contribution in [1.29, 1.82) is 0 Å². The minimum atomic E-state index is -0.671. The highest BCUT2D eigenvalue weighted by atomic mass is 79.9. The molecule has 0 radical (unpaired) electrons. The van der Waals surface area contributed by atoms with Gasteiger partial charge in [-0.15, -0.1) is 0 Å². The fourth-order valence-corrected chi connectivity index (χ4v) is 2.59. The summed E-state index contributed by atoms with van der Waals surface area (Å²) in [5.74, 6) is 0. The molecule has 1 unspecified atom stereocenters. The van der Waals surface area contributed by atoms with E-state index in [1.807, 2.05) is 36.4 Å². The number of benzene rings is 2. The molecule has 1 N–H and O–H groups in total. The van der Waals surface area contributed by atoms with Gasteiger partial charge in [-0.25, -0.2) is 0 Å². The van der Waals surface area contributed by atoms with E-state index in [-0.39, 0.29) is 0 Å². The largest absolute Gasteiger partial charge is 0.388 e. The van der Waals surface area contributed by atoms with Crippen molar-refractivity contribution in [3.05, 3.63) is 68.1 Å². The normalized spacial score (nSPS) is 12.4. The molecule has 1 atom stereocenters. The monoisotopic (exact) mass is 344 g/mol. The number of halogens is 3. The SMILES string of the molecule is OC(Cc1ccccc1Cl)c1cc(Br)ccc1Cl. The van der Waals surface area contributed by atoms with Crippen molar-refractivity contribution < 1.29 is 5.11 Å². The molecule has 1 nitrogen and oxygen atoms in total. The van der Waals surface area contributed by atoms with Gasteiger partial charge in [0.1, 0.15) is 0 Å². The molecule has 2 rings (SSSR count). The zero-order chi connectivity index (χ0) is 13.1. The Labute approximate surface area is 124 Å². The van der Waals surface area contributed by atoms with Crippen LogP contribution < -0.4 is 0 Å². The quantitative estimate of drug-likeness (QED) is 0.826. The molecule has 0 amide bonds. The Balaban J connectivity index is 2.25. The van der Waals surface area contributed by atoms with Gasteiger partial charge in [0.05, 0.1) is 6.10 Å². The smallest absolute Gasteiger partial charge is 0.0845 e. The third-order valence-electron chi connectivity index (χ3n) is 2.69. The molecule has 0 bridgehead atoms. The molecular formula is C14H11BrCl2O. The lowest BCUT2D eigenvalue weighted by Gasteiger charge is -2.14. The predicted octanol–water partition coefficient (Wildman–Crippen LogP) is 5.03. The molecular weight excluding hydrogens is 335 g/mol. The Morgan fingerprint density at radius 3 is 2.50 bits per heavy atom. The van der Waals surface area contributed by atoms with Crippen LogP contribution in [0, 0.1) is 0 Å². The van der Waals surface area contributed by atoms with Crippen molar-refractivity contribution in [2.45, 2.75) is 12.5 Å². The third kappa shape index (κ3) is 3.27. The van der Waals surface area contributed by atoms with Crippen molar-refractivity contribution in [1.82, 2.24) is 0 Å². The Morgan fingerprint density at radius 2 is 1.78 bits per heavy atom. The summed E-state index contributed by atoms with van der Waals surface area (Å²) in [6.07, 6.45) is -0.231. The average Bonchev–Trinajstić information content (AvgIpc) is 2.35. The summed E-state index contributed by atoms with van der Waals surface area (Å²) in [6, 6.07) is 12.9. The molecule has 2 aromatic carbocycles. The summed E-state index contributed by atoms with van der Waals surface area (Å²) < 4.78 is 0.889. The number of aliphatic hydroxyl groups is 1. The van der Waals surface area contributed by atoms with Crippen molar-refractivity contribution in [3.63, 3.8) is 0 Å². The maximum Gasteiger partial charge on any atom is 0.0845 e. The van der Waals surface area contributed by atoms with Gasteiger partial charge in [0.15, 0.2) is 0 Å². The molecule has 2 aromatic rings. The Kier molecular flexibility index (Phi) is 4.68. The summed E-state index contributed by atoms with van der Waals surface area (Å²) in [5.41, 5.74) is 1.61. The molecule has 0 aliphatic carbocycles. The van der Waals surface area contributed by atoms with Gasteiger partial charge in [-0.1, -0.05) is 57.3 Å². The van der Waals surface area contributed by atoms with Gasteiger partial charge in [-0.2, -0.15) is 0 Å². The Hall–Kier alpha value is -0.540. The molecule has 0 saturated heterocycles. The number of hydrogen-bond acceptors (Lipinski definition) is 1. The first kappa shape index (κ1) is 13.9. The van der Waals surface area contributed by atoms with Crippen LogP contribution in [0.5, 0.6) is 0 Å². The number of hydrogen-bond donors (Lipinski definition) is 1. The van der Waals surface area contributed by atoms with E-state index in [0.29, 0.717) is 22.0 Å². The highest BCUT2D eigenvalue weighted by molar-refractivity contribution is 9.10. The van der Waals surface area contributed by atoms with Crippen LogP contribution in [0.25, 0.3) is 0 Å². The summed E-state index contributed by atoms with van der Waals surface area (Å²) in [4.78, 5) is 0. The lowest BCUT2D eigenvalue weighted by atomic mass is 10.0. The van der Waals surface area contributed by atoms with Crippen LogP contribution in [0.15, 0.2) is 46.9 Å². The molecule has 0 fully saturated rings. The molecule has 4 heteroatoms. The Bertz CT molecular complexity index is 557. The third-order valence-corrected chi connectivity index (χ3v) is 3.89. The second kappa shape index (κ2) is 6.07. The van der Waals surface area contributed by atoms with Crippen molar-refractivity contribution in [2.75, 3.05) is 0 Å². The topological polar surface area (TPSA) is 20.2 Å². The zero-order valence-electron chi connectivity index (χ0n) is 9.41. The van der Waals surface area contributed by atoms with E-state index in [9.17, 15) is 5.11 Å². The zero-order valence-corrected chi connectivity index (χ0v) is 12.5. The van der Waals surface area contributed by atoms with Crippen LogP contribution in [0.3, 0.4) is 0 Å². The van der Waals surface area contributed by atoms with Gasteiger partial charge in [-0.05, 0) is 29.8 Å². The molecule has 94 valence electrons. The standard InChI is InChI=1S/C14H11BrCl2O/c15-10-5-6-13(17)11(8-10)14(18)7-9-3-1-2-4-12(9)16/h1-6,8,14,18H,7H2. The van der Waals surface area contributed by atoms with Crippen LogP contribution in [-0.4, -0.2) is 5.11 Å². The average molecular weight is 346 g/mol. The van der Waals surface area contributed by atoms with Crippen molar-refractivity contribution in [3.8, 4) is 0 Å². The van der Waals surface area contributed by atoms with E-state index in [1.165, 1.54) is 0 Å². The van der Waals surface area contributed by atoms with Gasteiger partial charge in [0.2, 0.25) is 0 Å². The van der Waals surface area contributed by atoms with Gasteiger partial charge in [0, 0.05) is 26.5 Å². The van der Waals surface area contributed by atoms with E-state index in [0.717, 1.165) is 10.0 Å². The first-order chi connectivity index (χ1) is 8.58. The molecule has 0 spiro atoms. The van der Waals surface area contributed by atoms with Gasteiger partial charge in [-0.3, -0.25) is 0 Å². The van der Waals surface area contributed by atoms with Crippen LogP contribution >= 0.6 is 39.1 Å². The molecule has 0 aliphatic heterocycles. The molecule has 0 aromatic heterocycles. The minimum absolute atomic E-state index is 0.440. The summed E-state index contributed by atoms with van der Waals surface area (Å²) >= 11 is 15.5. The maximum atomic E-state index is 10.2. The highest BCUT2D eigenvalue weighted by Crippen LogP contribution is 2.30. The predicted molar refractivity (Wildman–Crippen MR) is 79.3 cm³/mol. The highest BCUT2D eigenvalue weighted by Gasteiger charge is 2.14. The van der Waals surface area contributed by atoms with Crippen LogP contribution in [0.4, 0.5) is 0 Å². The van der Waals surface area contributed by atoms with Crippen LogP contribution in [-0.2, 0) is 6.42 Å². The second-order valence-corrected chi connectivity index (χ2v) is 5.71. The fraction of sp³-hybridized carbons (Fsp3) is 0.143. The lowest BCUT2D eigenvalue weighted by molar-refractivity contribution is 0.178. The molecule has 0 saturated carbocycles. The van der Waals surface area contributed by atoms with E-state index in [4.69, 9.17) is 23.2 Å². The number of aliphatic hydroxyl groups excluding tert-OH is 1. The summed E-state index contributed by atoms with van der Waals surface area (Å²) in [5, 5.41) is 11.4. The first-order valence-corrected chi connectivity index (χ1v) is 6.99. The fourth-order valence-electron chi connectivity index (χ4n) is 1.75. The van der Waals surface area contributed by atoms with E-state index in [2.05, 4.69) is 15.9 Å². The van der Waals surface area contributed by atoms with E-state index in [1.54, 1.807) is 6.07 Å². The second-order valence-electron chi connectivity index (χ2n) is 3.98. The van der Waals surface area contributed by atoms with Crippen LogP contribution in [0.1, 0.15) is 17.2 Å². The van der Waals surface area contributed by atoms with Crippen molar-refractivity contribution >= 4 is 39.1 Å². The van der Waals surface area contributed by atoms with Crippen LogP contribution in [0.2, 0.25) is 10.0 Å². The Morgan fingerprint density at radius 1 is 1.06 bits per heavy atom. The maximum absolute atomic E-state index is 10.2. The number of rotatable bonds is 3. The van der Waals surface area contributed by atoms with E-state index >= 15 is 0 Å². The van der Waals surface area contributed by atoms with E-state index < -0.39 is 6.10 Å². The minimum Gasteiger partial charge on any atom is -0.388 e. The summed E-state index contributed by atoms with van der Waals surface area (Å²) in [6.45, 7) is 0. The molecule has 18 heavy (non-hydrogen) atoms. The van der Waals surface area contributed by atoms with Gasteiger partial charge >= 0.3 is 0 Å². The molecule has 0 aliphatic rings. The first-order valence-electron chi connectivity index (χ1n) is 5.44. The van der Waals surface area contributed by atoms with Gasteiger partial charge < -0.3 is 5.11 Å². The van der Waals surface area contributed by atoms with Crippen molar-refractivity contribution in [2.24, 2.45) is 0 Å². The summed E-state index contributed by atoms with van der Waals surface area (Å²) in [7, 11) is 0. The van der Waals surface area contributed by atoms with Gasteiger partial charge in [0.25, 0.3) is 0 Å². The lowest BCUT2D eigenvalue weighted by Crippen LogP contribution is -2.03. The molecule has 0 heterocycles.